The van der Waals surface area contributed by atoms with Crippen LogP contribution in [0.25, 0.3) is 0 Å². The number of hydrogen-bond donors (Lipinski definition) is 7. The molecule has 0 spiro atoms. The Morgan fingerprint density at radius 2 is 1.63 bits per heavy atom. The molecule has 7 aliphatic rings. The van der Waals surface area contributed by atoms with Gasteiger partial charge in [-0.25, -0.2) is 0 Å². The molecule has 0 amide bonds. The fourth-order valence-electron chi connectivity index (χ4n) is 12.2. The Morgan fingerprint density at radius 1 is 0.904 bits per heavy atom. The molecule has 0 unspecified atom stereocenters. The van der Waals surface area contributed by atoms with Gasteiger partial charge in [-0.2, -0.15) is 0 Å². The number of ether oxygens (including phenoxy) is 5. The predicted molar refractivity (Wildman–Crippen MR) is 184 cm³/mol. The summed E-state index contributed by atoms with van der Waals surface area (Å²) in [5.74, 6) is 2.79. The number of ketones is 1. The molecule has 7 rings (SSSR count). The van der Waals surface area contributed by atoms with E-state index in [1.165, 1.54) is 5.57 Å². The van der Waals surface area contributed by atoms with Crippen LogP contribution in [0.3, 0.4) is 0 Å². The van der Waals surface area contributed by atoms with Gasteiger partial charge in [0.05, 0.1) is 31.7 Å². The van der Waals surface area contributed by atoms with E-state index >= 15 is 0 Å². The summed E-state index contributed by atoms with van der Waals surface area (Å²) in [6.45, 7) is 10.9. The summed E-state index contributed by atoms with van der Waals surface area (Å²) in [6.07, 6.45) is -4.67. The second-order valence-corrected chi connectivity index (χ2v) is 18.2. The first kappa shape index (κ1) is 39.0. The Bertz CT molecular complexity index is 1360. The highest BCUT2D eigenvalue weighted by Crippen LogP contribution is 2.72. The molecule has 296 valence electrons. The van der Waals surface area contributed by atoms with Crippen molar-refractivity contribution in [3.05, 3.63) is 11.3 Å². The van der Waals surface area contributed by atoms with E-state index in [0.717, 1.165) is 50.7 Å². The van der Waals surface area contributed by atoms with Crippen LogP contribution in [0.2, 0.25) is 0 Å². The molecule has 19 atom stereocenters. The van der Waals surface area contributed by atoms with Gasteiger partial charge >= 0.3 is 0 Å². The Balaban J connectivity index is 1.04. The molecule has 4 saturated carbocycles. The van der Waals surface area contributed by atoms with Crippen LogP contribution in [0.15, 0.2) is 11.3 Å². The van der Waals surface area contributed by atoms with E-state index in [9.17, 15) is 40.5 Å². The van der Waals surface area contributed by atoms with Crippen molar-refractivity contribution >= 4 is 5.78 Å². The minimum Gasteiger partial charge on any atom is -0.494 e. The van der Waals surface area contributed by atoms with Crippen LogP contribution in [0.1, 0.15) is 92.4 Å². The SMILES string of the molecule is CC1=C(CC[C@H](C)CO[C@@H]2O[C@H](CO)[C@@H](O)[C@H](O)[C@H]2O)O[C@@H]2C[C@@H]3[C@@H]4C[C@H](O[C@@H]5OC[C@@H](O)[C@H](O)[C@H]5O)[C@@]5(C)CC(=O)CC[C@]5(C)[C@@H]4CC[C@]3(C)[C@H]12. The predicted octanol–water partition coefficient (Wildman–Crippen LogP) is 1.55. The van der Waals surface area contributed by atoms with E-state index in [4.69, 9.17) is 23.7 Å². The van der Waals surface area contributed by atoms with Crippen LogP contribution in [0.4, 0.5) is 0 Å². The first-order valence-corrected chi connectivity index (χ1v) is 19.7. The fraction of sp³-hybridized carbons (Fsp3) is 0.923. The molecule has 0 aromatic carbocycles. The van der Waals surface area contributed by atoms with Gasteiger partial charge in [-0.05, 0) is 85.5 Å². The number of rotatable bonds is 9. The van der Waals surface area contributed by atoms with Crippen molar-refractivity contribution < 1.29 is 64.2 Å². The number of aliphatic hydroxyl groups is 7. The van der Waals surface area contributed by atoms with Gasteiger partial charge in [-0.1, -0.05) is 27.7 Å². The molecule has 6 fully saturated rings. The highest BCUT2D eigenvalue weighted by Gasteiger charge is 2.69. The highest BCUT2D eigenvalue weighted by atomic mass is 16.7. The number of Topliss-reactive ketones (excluding diaryl/α,β-unsaturated/α-hetero) is 1. The standard InChI is InChI=1S/C39H62O13/c1-18(16-48-35-34(47)32(45)31(44)27(15-40)51-35)6-7-25-19(2)29-26(50-25)13-23-21-12-28(52-36-33(46)30(43)24(42)17-49-36)39(5)14-20(41)8-11-38(39,4)22(21)9-10-37(23,29)3/h18,21-24,26-36,40,42-47H,6-17H2,1-5H3/t18-,21+,22+,23+,24+,26+,27+,28-,29+,30-,31+,32-,33+,34+,35+,36-,37-,38+,39+/m0/s1. The smallest absolute Gasteiger partial charge is 0.186 e. The summed E-state index contributed by atoms with van der Waals surface area (Å²) in [4.78, 5) is 13.0. The summed E-state index contributed by atoms with van der Waals surface area (Å²) in [5, 5.41) is 71.3. The van der Waals surface area contributed by atoms with Crippen LogP contribution in [-0.4, -0.2) is 129 Å². The summed E-state index contributed by atoms with van der Waals surface area (Å²) < 4.78 is 30.5. The third kappa shape index (κ3) is 6.22. The first-order chi connectivity index (χ1) is 24.5. The van der Waals surface area contributed by atoms with Gasteiger partial charge in [0.1, 0.15) is 54.6 Å². The van der Waals surface area contributed by atoms with E-state index in [2.05, 4.69) is 27.7 Å². The lowest BCUT2D eigenvalue weighted by Crippen LogP contribution is -2.65. The lowest BCUT2D eigenvalue weighted by Gasteiger charge is -2.66. The van der Waals surface area contributed by atoms with Crippen LogP contribution >= 0.6 is 0 Å². The molecule has 0 radical (unpaired) electrons. The summed E-state index contributed by atoms with van der Waals surface area (Å²) in [5.41, 5.74) is 0.717. The van der Waals surface area contributed by atoms with Crippen molar-refractivity contribution in [3.8, 4) is 0 Å². The number of carbonyl (C=O) groups is 1. The second-order valence-electron chi connectivity index (χ2n) is 18.2. The van der Waals surface area contributed by atoms with E-state index < -0.39 is 67.3 Å². The minimum absolute atomic E-state index is 0.0236. The van der Waals surface area contributed by atoms with Gasteiger partial charge in [0.25, 0.3) is 0 Å². The zero-order chi connectivity index (χ0) is 37.5. The topological polar surface area (TPSA) is 205 Å². The van der Waals surface area contributed by atoms with Gasteiger partial charge in [0, 0.05) is 30.6 Å². The lowest BCUT2D eigenvalue weighted by molar-refractivity contribution is -0.316. The van der Waals surface area contributed by atoms with Gasteiger partial charge in [0.2, 0.25) is 0 Å². The molecule has 4 aliphatic carbocycles. The van der Waals surface area contributed by atoms with Crippen molar-refractivity contribution in [2.45, 2.75) is 160 Å². The third-order valence-corrected chi connectivity index (χ3v) is 15.5. The Kier molecular flexibility index (Phi) is 10.8. The van der Waals surface area contributed by atoms with Gasteiger partial charge < -0.3 is 59.4 Å². The molecule has 13 heteroatoms. The van der Waals surface area contributed by atoms with Gasteiger partial charge in [0.15, 0.2) is 12.6 Å². The zero-order valence-electron chi connectivity index (χ0n) is 31.3. The minimum atomic E-state index is -1.47. The number of hydrogen-bond acceptors (Lipinski definition) is 13. The molecular formula is C39H62O13. The van der Waals surface area contributed by atoms with Crippen molar-refractivity contribution in [3.63, 3.8) is 0 Å². The maximum Gasteiger partial charge on any atom is 0.186 e. The summed E-state index contributed by atoms with van der Waals surface area (Å²) in [6, 6.07) is 0. The highest BCUT2D eigenvalue weighted by molar-refractivity contribution is 5.80. The molecule has 13 nitrogen and oxygen atoms in total. The normalized spacial score (nSPS) is 52.4. The van der Waals surface area contributed by atoms with Crippen LogP contribution in [0, 0.1) is 45.8 Å². The van der Waals surface area contributed by atoms with Crippen molar-refractivity contribution in [2.75, 3.05) is 19.8 Å². The Morgan fingerprint density at radius 3 is 2.37 bits per heavy atom. The van der Waals surface area contributed by atoms with Crippen molar-refractivity contribution in [1.29, 1.82) is 0 Å². The van der Waals surface area contributed by atoms with E-state index in [0.29, 0.717) is 36.5 Å². The fourth-order valence-corrected chi connectivity index (χ4v) is 12.2. The number of aliphatic hydroxyl groups excluding tert-OH is 7. The number of allylic oxidation sites excluding steroid dienone is 1. The summed E-state index contributed by atoms with van der Waals surface area (Å²) in [7, 11) is 0. The van der Waals surface area contributed by atoms with Crippen LogP contribution < -0.4 is 0 Å². The molecule has 3 aliphatic heterocycles. The maximum absolute atomic E-state index is 13.0. The third-order valence-electron chi connectivity index (χ3n) is 15.5. The lowest BCUT2D eigenvalue weighted by atomic mass is 9.39. The average Bonchev–Trinajstić information content (AvgIpc) is 3.59. The van der Waals surface area contributed by atoms with Gasteiger partial charge in [-0.3, -0.25) is 4.79 Å². The second kappa shape index (κ2) is 14.4. The Labute approximate surface area is 306 Å². The van der Waals surface area contributed by atoms with Crippen molar-refractivity contribution in [1.82, 2.24) is 0 Å². The van der Waals surface area contributed by atoms with Gasteiger partial charge in [-0.15, -0.1) is 0 Å². The maximum atomic E-state index is 13.0. The molecule has 3 heterocycles. The quantitative estimate of drug-likeness (QED) is 0.168. The van der Waals surface area contributed by atoms with E-state index in [1.54, 1.807) is 0 Å². The Hall–Kier alpha value is -1.23. The molecule has 0 aromatic rings. The monoisotopic (exact) mass is 738 g/mol. The van der Waals surface area contributed by atoms with Crippen molar-refractivity contribution in [2.24, 2.45) is 45.8 Å². The summed E-state index contributed by atoms with van der Waals surface area (Å²) >= 11 is 0. The zero-order valence-corrected chi connectivity index (χ0v) is 31.3. The molecular weight excluding hydrogens is 676 g/mol. The largest absolute Gasteiger partial charge is 0.494 e. The first-order valence-electron chi connectivity index (χ1n) is 19.7. The molecule has 7 N–H and O–H groups in total. The van der Waals surface area contributed by atoms with Crippen LogP contribution in [0.5, 0.6) is 0 Å². The number of carbonyl (C=O) groups excluding carboxylic acids is 1. The molecule has 52 heavy (non-hydrogen) atoms. The molecule has 0 aromatic heterocycles. The van der Waals surface area contributed by atoms with Crippen LogP contribution in [-0.2, 0) is 28.5 Å². The number of fused-ring (bicyclic) bond motifs is 7. The average molecular weight is 739 g/mol. The molecule has 2 saturated heterocycles. The van der Waals surface area contributed by atoms with E-state index in [1.807, 2.05) is 6.92 Å². The molecule has 0 bridgehead atoms. The van der Waals surface area contributed by atoms with E-state index in [-0.39, 0.29) is 48.0 Å².